The quantitative estimate of drug-likeness (QED) is 0.626. The zero-order valence-electron chi connectivity index (χ0n) is 14.1. The first kappa shape index (κ1) is 17.7. The van der Waals surface area contributed by atoms with E-state index in [1.165, 1.54) is 32.5 Å². The summed E-state index contributed by atoms with van der Waals surface area (Å²) in [4.78, 5) is 18.9. The first-order chi connectivity index (χ1) is 10.7. The molecule has 0 aromatic heterocycles. The van der Waals surface area contributed by atoms with E-state index >= 15 is 0 Å². The third kappa shape index (κ3) is 5.83. The number of piperazine rings is 1. The Morgan fingerprint density at radius 1 is 1.05 bits per heavy atom. The summed E-state index contributed by atoms with van der Waals surface area (Å²) in [6.07, 6.45) is 2.62. The molecule has 128 valence electrons. The van der Waals surface area contributed by atoms with Crippen LogP contribution < -0.4 is 0 Å². The van der Waals surface area contributed by atoms with Gasteiger partial charge in [0.1, 0.15) is 6.61 Å². The molecule has 0 bridgehead atoms. The van der Waals surface area contributed by atoms with Crippen molar-refractivity contribution in [3.63, 3.8) is 0 Å². The van der Waals surface area contributed by atoms with Crippen LogP contribution in [-0.4, -0.2) is 100 Å². The first-order valence-corrected chi connectivity index (χ1v) is 8.44. The predicted octanol–water partition coefficient (Wildman–Crippen LogP) is 0.135. The Labute approximate surface area is 134 Å². The van der Waals surface area contributed by atoms with Gasteiger partial charge in [-0.2, -0.15) is 0 Å². The molecule has 0 aliphatic carbocycles. The molecule has 2 aliphatic rings. The molecule has 2 heterocycles. The maximum Gasteiger partial charge on any atom is 0.248 e. The average Bonchev–Trinajstić information content (AvgIpc) is 2.54. The Bertz CT molecular complexity index is 325. The second kappa shape index (κ2) is 9.45. The smallest absolute Gasteiger partial charge is 0.248 e. The van der Waals surface area contributed by atoms with Crippen LogP contribution in [0.15, 0.2) is 0 Å². The molecule has 0 saturated carbocycles. The molecule has 0 spiro atoms. The second-order valence-electron chi connectivity index (χ2n) is 6.47. The van der Waals surface area contributed by atoms with Gasteiger partial charge in [0.15, 0.2) is 0 Å². The van der Waals surface area contributed by atoms with Gasteiger partial charge in [-0.1, -0.05) is 0 Å². The molecule has 2 saturated heterocycles. The Kier molecular flexibility index (Phi) is 7.59. The fourth-order valence-electron chi connectivity index (χ4n) is 3.18. The van der Waals surface area contributed by atoms with Crippen molar-refractivity contribution in [3.05, 3.63) is 0 Å². The maximum absolute atomic E-state index is 12.0. The third-order valence-corrected chi connectivity index (χ3v) is 4.74. The van der Waals surface area contributed by atoms with Crippen molar-refractivity contribution in [3.8, 4) is 0 Å². The van der Waals surface area contributed by atoms with Gasteiger partial charge in [-0.15, -0.1) is 0 Å². The van der Waals surface area contributed by atoms with Crippen LogP contribution in [0.25, 0.3) is 0 Å². The normalized spacial score (nSPS) is 22.2. The van der Waals surface area contributed by atoms with E-state index in [1.807, 2.05) is 4.90 Å². The van der Waals surface area contributed by atoms with Crippen LogP contribution in [0.2, 0.25) is 0 Å². The summed E-state index contributed by atoms with van der Waals surface area (Å²) < 4.78 is 10.2. The second-order valence-corrected chi connectivity index (χ2v) is 6.47. The molecule has 0 N–H and O–H groups in total. The summed E-state index contributed by atoms with van der Waals surface area (Å²) in [6, 6.07) is 0. The van der Waals surface area contributed by atoms with Crippen molar-refractivity contribution in [1.82, 2.24) is 14.7 Å². The number of carbonyl (C=O) groups excluding carboxylic acids is 1. The van der Waals surface area contributed by atoms with E-state index in [2.05, 4.69) is 16.8 Å². The molecule has 0 unspecified atom stereocenters. The number of rotatable bonds is 7. The Balaban J connectivity index is 1.60. The van der Waals surface area contributed by atoms with Gasteiger partial charge in [-0.3, -0.25) is 9.69 Å². The van der Waals surface area contributed by atoms with E-state index in [-0.39, 0.29) is 12.5 Å². The fourth-order valence-corrected chi connectivity index (χ4v) is 3.18. The molecule has 2 rings (SSSR count). The minimum absolute atomic E-state index is 0.107. The number of amides is 1. The highest BCUT2D eigenvalue weighted by Crippen LogP contribution is 2.18. The Morgan fingerprint density at radius 2 is 1.73 bits per heavy atom. The maximum atomic E-state index is 12.0. The number of ether oxygens (including phenoxy) is 2. The molecule has 1 amide bonds. The van der Waals surface area contributed by atoms with Gasteiger partial charge in [0, 0.05) is 39.8 Å². The van der Waals surface area contributed by atoms with Gasteiger partial charge in [-0.25, -0.2) is 0 Å². The third-order valence-electron chi connectivity index (χ3n) is 4.74. The zero-order chi connectivity index (χ0) is 15.8. The van der Waals surface area contributed by atoms with Crippen molar-refractivity contribution in [2.75, 3.05) is 79.8 Å². The number of piperidine rings is 1. The molecule has 6 heteroatoms. The van der Waals surface area contributed by atoms with Crippen molar-refractivity contribution < 1.29 is 14.3 Å². The van der Waals surface area contributed by atoms with Crippen LogP contribution in [0.1, 0.15) is 12.8 Å². The van der Waals surface area contributed by atoms with E-state index in [1.54, 1.807) is 7.11 Å². The van der Waals surface area contributed by atoms with Crippen LogP contribution in [0.4, 0.5) is 0 Å². The summed E-state index contributed by atoms with van der Waals surface area (Å²) >= 11 is 0. The van der Waals surface area contributed by atoms with Gasteiger partial charge in [0.25, 0.3) is 0 Å². The lowest BCUT2D eigenvalue weighted by molar-refractivity contribution is -0.138. The summed E-state index contributed by atoms with van der Waals surface area (Å²) in [5.41, 5.74) is 0. The van der Waals surface area contributed by atoms with Gasteiger partial charge < -0.3 is 19.3 Å². The largest absolute Gasteiger partial charge is 0.382 e. The van der Waals surface area contributed by atoms with Crippen molar-refractivity contribution in [2.45, 2.75) is 12.8 Å². The number of likely N-dealkylation sites (tertiary alicyclic amines) is 1. The SMILES string of the molecule is COCCOCC(=O)N1CCN(CC2CCN(C)CC2)CC1. The monoisotopic (exact) mass is 313 g/mol. The van der Waals surface area contributed by atoms with E-state index in [0.717, 1.165) is 32.1 Å². The van der Waals surface area contributed by atoms with Gasteiger partial charge in [-0.05, 0) is 38.9 Å². The van der Waals surface area contributed by atoms with E-state index in [4.69, 9.17) is 9.47 Å². The van der Waals surface area contributed by atoms with E-state index in [0.29, 0.717) is 13.2 Å². The van der Waals surface area contributed by atoms with E-state index < -0.39 is 0 Å². The number of hydrogen-bond acceptors (Lipinski definition) is 5. The van der Waals surface area contributed by atoms with Gasteiger partial charge >= 0.3 is 0 Å². The summed E-state index contributed by atoms with van der Waals surface area (Å²) in [5.74, 6) is 0.936. The topological polar surface area (TPSA) is 45.3 Å². The number of hydrogen-bond donors (Lipinski definition) is 0. The molecule has 2 aliphatic heterocycles. The molecule has 22 heavy (non-hydrogen) atoms. The highest BCUT2D eigenvalue weighted by atomic mass is 16.5. The lowest BCUT2D eigenvalue weighted by atomic mass is 9.96. The van der Waals surface area contributed by atoms with Crippen molar-refractivity contribution >= 4 is 5.91 Å². The molecule has 6 nitrogen and oxygen atoms in total. The zero-order valence-corrected chi connectivity index (χ0v) is 14.1. The number of carbonyl (C=O) groups is 1. The molecule has 2 fully saturated rings. The molecular weight excluding hydrogens is 282 g/mol. The standard InChI is InChI=1S/C16H31N3O3/c1-17-5-3-15(4-6-17)13-18-7-9-19(10-8-18)16(20)14-22-12-11-21-2/h15H,3-14H2,1-2H3. The van der Waals surface area contributed by atoms with Crippen LogP contribution in [0, 0.1) is 5.92 Å². The molecule has 0 atom stereocenters. The number of nitrogens with zero attached hydrogens (tertiary/aromatic N) is 3. The molecule has 0 radical (unpaired) electrons. The van der Waals surface area contributed by atoms with Crippen molar-refractivity contribution in [2.24, 2.45) is 5.92 Å². The lowest BCUT2D eigenvalue weighted by Crippen LogP contribution is -2.51. The minimum atomic E-state index is 0.107. The Morgan fingerprint density at radius 3 is 2.36 bits per heavy atom. The van der Waals surface area contributed by atoms with Gasteiger partial charge in [0.05, 0.1) is 13.2 Å². The summed E-state index contributed by atoms with van der Waals surface area (Å²) in [6.45, 7) is 8.50. The van der Waals surface area contributed by atoms with Crippen LogP contribution in [0.3, 0.4) is 0 Å². The molecular formula is C16H31N3O3. The van der Waals surface area contributed by atoms with Crippen LogP contribution >= 0.6 is 0 Å². The van der Waals surface area contributed by atoms with Crippen LogP contribution in [0.5, 0.6) is 0 Å². The molecule has 0 aromatic carbocycles. The van der Waals surface area contributed by atoms with Crippen molar-refractivity contribution in [1.29, 1.82) is 0 Å². The number of methoxy groups -OCH3 is 1. The first-order valence-electron chi connectivity index (χ1n) is 8.44. The Hall–Kier alpha value is -0.690. The van der Waals surface area contributed by atoms with Crippen LogP contribution in [-0.2, 0) is 14.3 Å². The average molecular weight is 313 g/mol. The van der Waals surface area contributed by atoms with E-state index in [9.17, 15) is 4.79 Å². The summed E-state index contributed by atoms with van der Waals surface area (Å²) in [5, 5.41) is 0. The predicted molar refractivity (Wildman–Crippen MR) is 85.9 cm³/mol. The lowest BCUT2D eigenvalue weighted by Gasteiger charge is -2.38. The minimum Gasteiger partial charge on any atom is -0.382 e. The fraction of sp³-hybridized carbons (Fsp3) is 0.938. The highest BCUT2D eigenvalue weighted by Gasteiger charge is 2.24. The molecule has 0 aromatic rings. The summed E-state index contributed by atoms with van der Waals surface area (Å²) in [7, 11) is 3.84. The van der Waals surface area contributed by atoms with Gasteiger partial charge in [0.2, 0.25) is 5.91 Å². The highest BCUT2D eigenvalue weighted by molar-refractivity contribution is 5.77.